The molecule has 0 aliphatic rings. The first-order valence-corrected chi connectivity index (χ1v) is 4.30. The molecule has 0 rings (SSSR count). The van der Waals surface area contributed by atoms with E-state index in [-0.39, 0.29) is 0 Å². The summed E-state index contributed by atoms with van der Waals surface area (Å²) in [6.45, 7) is 5.82. The van der Waals surface area contributed by atoms with Crippen LogP contribution >= 0.6 is 0 Å². The van der Waals surface area contributed by atoms with Crippen LogP contribution in [0, 0.1) is 6.42 Å². The normalized spacial score (nSPS) is 9.70. The molecule has 0 aromatic heterocycles. The average molecular weight is 139 g/mol. The third kappa shape index (κ3) is 7.74. The summed E-state index contributed by atoms with van der Waals surface area (Å²) in [6.07, 6.45) is 12.2. The summed E-state index contributed by atoms with van der Waals surface area (Å²) < 4.78 is 0. The smallest absolute Gasteiger partial charge is 0.0353 e. The van der Waals surface area contributed by atoms with Crippen molar-refractivity contribution in [3.63, 3.8) is 0 Å². The molecule has 10 heavy (non-hydrogen) atoms. The molecule has 59 valence electrons. The molecule has 0 spiro atoms. The van der Waals surface area contributed by atoms with Gasteiger partial charge in [0, 0.05) is 0 Å². The van der Waals surface area contributed by atoms with Gasteiger partial charge in [-0.2, -0.15) is 0 Å². The van der Waals surface area contributed by atoms with E-state index in [0.29, 0.717) is 0 Å². The zero-order valence-corrected chi connectivity index (χ0v) is 7.10. The molecule has 0 atom stereocenters. The Bertz CT molecular complexity index is 64.4. The van der Waals surface area contributed by atoms with Crippen molar-refractivity contribution >= 4 is 0 Å². The van der Waals surface area contributed by atoms with Crippen LogP contribution in [0.2, 0.25) is 0 Å². The van der Waals surface area contributed by atoms with Gasteiger partial charge in [0.25, 0.3) is 0 Å². The van der Waals surface area contributed by atoms with E-state index in [2.05, 4.69) is 19.9 Å². The molecule has 0 fully saturated rings. The van der Waals surface area contributed by atoms with Gasteiger partial charge in [0.2, 0.25) is 0 Å². The topological polar surface area (TPSA) is 0 Å². The lowest BCUT2D eigenvalue weighted by atomic mass is 10.1. The molecule has 0 heteroatoms. The van der Waals surface area contributed by atoms with Crippen LogP contribution in [0.3, 0.4) is 0 Å². The highest BCUT2D eigenvalue weighted by molar-refractivity contribution is 4.65. The van der Waals surface area contributed by atoms with Gasteiger partial charge in [0.15, 0.2) is 0 Å². The standard InChI is InChI=1S/C10H19/c1-3-5-7-9-10-8-6-4-2/h3-4H,1,5-10H2,2H3. The van der Waals surface area contributed by atoms with Crippen LogP contribution in [-0.4, -0.2) is 0 Å². The number of allylic oxidation sites excluding steroid dienone is 1. The molecule has 0 unspecified atom stereocenters. The maximum absolute atomic E-state index is 3.69. The van der Waals surface area contributed by atoms with Crippen molar-refractivity contribution in [2.24, 2.45) is 0 Å². The Morgan fingerprint density at radius 3 is 2.10 bits per heavy atom. The van der Waals surface area contributed by atoms with Crippen molar-refractivity contribution in [2.75, 3.05) is 0 Å². The van der Waals surface area contributed by atoms with Crippen LogP contribution in [-0.2, 0) is 0 Å². The van der Waals surface area contributed by atoms with Gasteiger partial charge in [0.1, 0.15) is 0 Å². The predicted molar refractivity (Wildman–Crippen MR) is 47.9 cm³/mol. The maximum Gasteiger partial charge on any atom is -0.0353 e. The van der Waals surface area contributed by atoms with Crippen molar-refractivity contribution in [2.45, 2.75) is 45.4 Å². The van der Waals surface area contributed by atoms with E-state index in [9.17, 15) is 0 Å². The highest BCUT2D eigenvalue weighted by Crippen LogP contribution is 2.05. The van der Waals surface area contributed by atoms with E-state index in [4.69, 9.17) is 0 Å². The van der Waals surface area contributed by atoms with Crippen LogP contribution in [0.15, 0.2) is 12.7 Å². The van der Waals surface area contributed by atoms with Crippen molar-refractivity contribution in [3.05, 3.63) is 19.1 Å². The monoisotopic (exact) mass is 139 g/mol. The lowest BCUT2D eigenvalue weighted by molar-refractivity contribution is 0.643. The summed E-state index contributed by atoms with van der Waals surface area (Å²) in [6, 6.07) is 0. The molecule has 0 saturated carbocycles. The summed E-state index contributed by atoms with van der Waals surface area (Å²) in [5.74, 6) is 0. The SMILES string of the molecule is C=CCCCCCC[CH]C. The molecule has 0 aromatic carbocycles. The molecule has 0 aromatic rings. The Labute approximate surface area is 65.3 Å². The lowest BCUT2D eigenvalue weighted by Crippen LogP contribution is -1.77. The van der Waals surface area contributed by atoms with Gasteiger partial charge in [-0.3, -0.25) is 0 Å². The van der Waals surface area contributed by atoms with E-state index in [0.717, 1.165) is 0 Å². The van der Waals surface area contributed by atoms with Crippen molar-refractivity contribution < 1.29 is 0 Å². The zero-order chi connectivity index (χ0) is 7.66. The third-order valence-electron chi connectivity index (χ3n) is 1.65. The van der Waals surface area contributed by atoms with Gasteiger partial charge in [0.05, 0.1) is 0 Å². The van der Waals surface area contributed by atoms with Crippen LogP contribution in [0.4, 0.5) is 0 Å². The largest absolute Gasteiger partial charge is 0.103 e. The fourth-order valence-electron chi connectivity index (χ4n) is 0.991. The molecule has 0 aliphatic heterocycles. The predicted octanol–water partition coefficient (Wildman–Crippen LogP) is 3.74. The third-order valence-corrected chi connectivity index (χ3v) is 1.65. The van der Waals surface area contributed by atoms with Crippen molar-refractivity contribution in [3.8, 4) is 0 Å². The Morgan fingerprint density at radius 2 is 1.60 bits per heavy atom. The molecule has 0 saturated heterocycles. The fraction of sp³-hybridized carbons (Fsp3) is 0.700. The van der Waals surface area contributed by atoms with Crippen LogP contribution in [0.1, 0.15) is 45.4 Å². The Morgan fingerprint density at radius 1 is 1.00 bits per heavy atom. The first-order valence-electron chi connectivity index (χ1n) is 4.30. The second-order valence-electron chi connectivity index (χ2n) is 2.69. The minimum absolute atomic E-state index is 1.19. The first kappa shape index (κ1) is 9.74. The molecule has 0 aliphatic carbocycles. The van der Waals surface area contributed by atoms with E-state index in [1.807, 2.05) is 6.08 Å². The summed E-state index contributed by atoms with van der Waals surface area (Å²) in [5.41, 5.74) is 0. The molecule has 0 nitrogen and oxygen atoms in total. The van der Waals surface area contributed by atoms with Crippen molar-refractivity contribution in [1.82, 2.24) is 0 Å². The molecule has 1 radical (unpaired) electrons. The van der Waals surface area contributed by atoms with E-state index < -0.39 is 0 Å². The average Bonchev–Trinajstić information content (AvgIpc) is 1.97. The highest BCUT2D eigenvalue weighted by atomic mass is 13.9. The minimum Gasteiger partial charge on any atom is -0.103 e. The van der Waals surface area contributed by atoms with Crippen LogP contribution in [0.5, 0.6) is 0 Å². The van der Waals surface area contributed by atoms with E-state index >= 15 is 0 Å². The van der Waals surface area contributed by atoms with Gasteiger partial charge in [-0.25, -0.2) is 0 Å². The summed E-state index contributed by atoms with van der Waals surface area (Å²) in [7, 11) is 0. The molecule has 0 amide bonds. The Kier molecular flexibility index (Phi) is 8.51. The minimum atomic E-state index is 1.19. The van der Waals surface area contributed by atoms with Gasteiger partial charge in [-0.05, 0) is 19.3 Å². The molecular formula is C10H19. The van der Waals surface area contributed by atoms with Crippen LogP contribution < -0.4 is 0 Å². The van der Waals surface area contributed by atoms with Gasteiger partial charge in [-0.15, -0.1) is 6.58 Å². The second kappa shape index (κ2) is 8.74. The molecular weight excluding hydrogens is 120 g/mol. The van der Waals surface area contributed by atoms with Crippen LogP contribution in [0.25, 0.3) is 0 Å². The van der Waals surface area contributed by atoms with E-state index in [1.54, 1.807) is 0 Å². The second-order valence-corrected chi connectivity index (χ2v) is 2.69. The van der Waals surface area contributed by atoms with E-state index in [1.165, 1.54) is 38.5 Å². The fourth-order valence-corrected chi connectivity index (χ4v) is 0.991. The Balaban J connectivity index is 2.70. The number of hydrogen-bond acceptors (Lipinski definition) is 0. The maximum atomic E-state index is 3.69. The van der Waals surface area contributed by atoms with Gasteiger partial charge in [-0.1, -0.05) is 38.7 Å². The molecule has 0 N–H and O–H groups in total. The Hall–Kier alpha value is -0.260. The summed E-state index contributed by atoms with van der Waals surface area (Å²) >= 11 is 0. The molecule has 0 heterocycles. The zero-order valence-electron chi connectivity index (χ0n) is 7.10. The highest BCUT2D eigenvalue weighted by Gasteiger charge is 1.86. The van der Waals surface area contributed by atoms with Gasteiger partial charge >= 0.3 is 0 Å². The quantitative estimate of drug-likeness (QED) is 0.372. The van der Waals surface area contributed by atoms with Gasteiger partial charge < -0.3 is 0 Å². The first-order chi connectivity index (χ1) is 4.91. The number of rotatable bonds is 7. The lowest BCUT2D eigenvalue weighted by Gasteiger charge is -1.96. The summed E-state index contributed by atoms with van der Waals surface area (Å²) in [4.78, 5) is 0. The van der Waals surface area contributed by atoms with Crippen molar-refractivity contribution in [1.29, 1.82) is 0 Å². The number of hydrogen-bond donors (Lipinski definition) is 0. The molecule has 0 bridgehead atoms. The summed E-state index contributed by atoms with van der Waals surface area (Å²) in [5, 5.41) is 0. The number of unbranched alkanes of at least 4 members (excludes halogenated alkanes) is 6.